The molecule has 4 heterocycles. The van der Waals surface area contributed by atoms with E-state index < -0.39 is 40.9 Å². The molecule has 3 aliphatic heterocycles. The van der Waals surface area contributed by atoms with Crippen LogP contribution >= 0.6 is 11.8 Å². The van der Waals surface area contributed by atoms with Crippen LogP contribution in [0.3, 0.4) is 0 Å². The molecule has 0 spiro atoms. The smallest absolute Gasteiger partial charge is 0.278 e. The zero-order valence-corrected chi connectivity index (χ0v) is 18.6. The number of carbonyl (C=O) groups excluding carboxylic acids is 1. The number of morpholine rings is 1. The summed E-state index contributed by atoms with van der Waals surface area (Å²) in [6.07, 6.45) is 0.833. The van der Waals surface area contributed by atoms with E-state index in [0.717, 1.165) is 16.5 Å². The molecule has 34 heavy (non-hydrogen) atoms. The highest BCUT2D eigenvalue weighted by Gasteiger charge is 2.46. The molecule has 2 unspecified atom stereocenters. The molecule has 174 valence electrons. The molecular formula is C24H19F2N3O4S. The Kier molecular flexibility index (Phi) is 4.89. The van der Waals surface area contributed by atoms with Crippen molar-refractivity contribution in [3.8, 4) is 5.75 Å². The number of fused-ring (bicyclic) bond motifs is 4. The van der Waals surface area contributed by atoms with Crippen molar-refractivity contribution in [1.29, 1.82) is 0 Å². The number of ether oxygens (including phenoxy) is 1. The fraction of sp³-hybridized carbons (Fsp3) is 0.250. The first-order valence-electron chi connectivity index (χ1n) is 10.8. The highest BCUT2D eigenvalue weighted by atomic mass is 32.2. The average molecular weight is 483 g/mol. The first-order chi connectivity index (χ1) is 16.5. The van der Waals surface area contributed by atoms with Crippen molar-refractivity contribution in [3.63, 3.8) is 0 Å². The van der Waals surface area contributed by atoms with Gasteiger partial charge in [0.05, 0.1) is 19.3 Å². The number of nitrogens with zero attached hydrogens (tertiary/aromatic N) is 3. The van der Waals surface area contributed by atoms with E-state index in [1.807, 2.05) is 29.3 Å². The van der Waals surface area contributed by atoms with Gasteiger partial charge in [-0.1, -0.05) is 24.3 Å². The molecule has 3 aromatic rings. The number of halogens is 2. The van der Waals surface area contributed by atoms with Gasteiger partial charge in [-0.3, -0.25) is 19.3 Å². The van der Waals surface area contributed by atoms with Crippen molar-refractivity contribution in [3.05, 3.63) is 92.9 Å². The van der Waals surface area contributed by atoms with Crippen molar-refractivity contribution in [1.82, 2.24) is 9.58 Å². The summed E-state index contributed by atoms with van der Waals surface area (Å²) in [4.78, 5) is 28.0. The van der Waals surface area contributed by atoms with Crippen LogP contribution in [0.15, 0.2) is 58.4 Å². The summed E-state index contributed by atoms with van der Waals surface area (Å²) in [6.45, 7) is 0.737. The van der Waals surface area contributed by atoms with Gasteiger partial charge in [0.1, 0.15) is 6.17 Å². The molecule has 3 aliphatic rings. The zero-order valence-electron chi connectivity index (χ0n) is 17.8. The van der Waals surface area contributed by atoms with Crippen molar-refractivity contribution >= 4 is 17.7 Å². The molecule has 1 aromatic heterocycles. The Hall–Kier alpha value is -3.37. The van der Waals surface area contributed by atoms with E-state index in [-0.39, 0.29) is 30.2 Å². The Morgan fingerprint density at radius 1 is 1.06 bits per heavy atom. The number of hydrogen-bond donors (Lipinski definition) is 1. The van der Waals surface area contributed by atoms with Crippen LogP contribution in [0.4, 0.5) is 8.78 Å². The summed E-state index contributed by atoms with van der Waals surface area (Å²) >= 11 is 1.41. The normalized spacial score (nSPS) is 21.3. The fourth-order valence-corrected chi connectivity index (χ4v) is 6.10. The van der Waals surface area contributed by atoms with Crippen LogP contribution in [0, 0.1) is 11.6 Å². The minimum Gasteiger partial charge on any atom is -0.502 e. The molecule has 1 fully saturated rings. The van der Waals surface area contributed by atoms with Gasteiger partial charge in [-0.15, -0.1) is 11.8 Å². The lowest BCUT2D eigenvalue weighted by molar-refractivity contribution is -0.0197. The zero-order chi connectivity index (χ0) is 23.6. The largest absolute Gasteiger partial charge is 0.502 e. The number of aromatic hydroxyl groups is 1. The lowest BCUT2D eigenvalue weighted by atomic mass is 9.93. The molecule has 1 N–H and O–H groups in total. The van der Waals surface area contributed by atoms with Crippen molar-refractivity contribution in [2.24, 2.45) is 0 Å². The quantitative estimate of drug-likeness (QED) is 0.574. The fourth-order valence-electron chi connectivity index (χ4n) is 4.98. The molecule has 0 radical (unpaired) electrons. The Bertz CT molecular complexity index is 1400. The Morgan fingerprint density at radius 2 is 1.88 bits per heavy atom. The van der Waals surface area contributed by atoms with Crippen LogP contribution in [0.5, 0.6) is 5.75 Å². The number of thioether (sulfide) groups is 1. The number of hydrogen-bond acceptors (Lipinski definition) is 6. The van der Waals surface area contributed by atoms with Gasteiger partial charge in [-0.2, -0.15) is 0 Å². The Labute approximate surface area is 197 Å². The van der Waals surface area contributed by atoms with E-state index in [9.17, 15) is 19.1 Å². The molecule has 2 atom stereocenters. The van der Waals surface area contributed by atoms with E-state index in [0.29, 0.717) is 12.2 Å². The van der Waals surface area contributed by atoms with Gasteiger partial charge in [0.15, 0.2) is 23.1 Å². The van der Waals surface area contributed by atoms with Crippen LogP contribution in [0.25, 0.3) is 0 Å². The van der Waals surface area contributed by atoms with Gasteiger partial charge >= 0.3 is 0 Å². The molecule has 0 bridgehead atoms. The molecule has 0 saturated carbocycles. The van der Waals surface area contributed by atoms with Gasteiger partial charge in [-0.25, -0.2) is 8.78 Å². The molecule has 1 saturated heterocycles. The second-order valence-corrected chi connectivity index (χ2v) is 9.33. The van der Waals surface area contributed by atoms with Gasteiger partial charge in [-0.05, 0) is 23.3 Å². The van der Waals surface area contributed by atoms with E-state index >= 15 is 4.39 Å². The van der Waals surface area contributed by atoms with Crippen molar-refractivity contribution in [2.45, 2.75) is 22.9 Å². The van der Waals surface area contributed by atoms with E-state index in [4.69, 9.17) is 4.74 Å². The maximum atomic E-state index is 15.1. The molecule has 6 rings (SSSR count). The summed E-state index contributed by atoms with van der Waals surface area (Å²) in [7, 11) is 0. The maximum absolute atomic E-state index is 15.1. The second-order valence-electron chi connectivity index (χ2n) is 8.31. The summed E-state index contributed by atoms with van der Waals surface area (Å²) in [5.41, 5.74) is 0.778. The predicted octanol–water partition coefficient (Wildman–Crippen LogP) is 2.98. The van der Waals surface area contributed by atoms with Crippen LogP contribution in [-0.4, -0.2) is 46.5 Å². The number of carbonyl (C=O) groups is 1. The third-order valence-electron chi connectivity index (χ3n) is 6.55. The van der Waals surface area contributed by atoms with Crippen molar-refractivity contribution < 1.29 is 23.4 Å². The Balaban J connectivity index is 1.67. The lowest BCUT2D eigenvalue weighted by Crippen LogP contribution is -2.66. The highest BCUT2D eigenvalue weighted by Crippen LogP contribution is 2.45. The molecule has 0 aliphatic carbocycles. The lowest BCUT2D eigenvalue weighted by Gasteiger charge is -2.51. The van der Waals surface area contributed by atoms with E-state index in [1.165, 1.54) is 28.7 Å². The highest BCUT2D eigenvalue weighted by molar-refractivity contribution is 7.98. The van der Waals surface area contributed by atoms with Crippen molar-refractivity contribution in [2.75, 3.05) is 24.8 Å². The molecule has 1 amide bonds. The van der Waals surface area contributed by atoms with E-state index in [2.05, 4.69) is 0 Å². The first-order valence-corrected chi connectivity index (χ1v) is 11.8. The third-order valence-corrected chi connectivity index (χ3v) is 7.67. The number of pyridine rings is 1. The monoisotopic (exact) mass is 483 g/mol. The summed E-state index contributed by atoms with van der Waals surface area (Å²) in [6, 6.07) is 10.8. The maximum Gasteiger partial charge on any atom is 0.278 e. The number of rotatable bonds is 1. The third kappa shape index (κ3) is 2.98. The first kappa shape index (κ1) is 21.2. The summed E-state index contributed by atoms with van der Waals surface area (Å²) in [5.74, 6) is -2.74. The SMILES string of the molecule is O=C1c2c(O)c(=O)ccn2N(C2c3ccccc3SCc3c2ccc(F)c3F)C2COCCN12. The molecule has 7 nitrogen and oxygen atoms in total. The minimum atomic E-state index is -0.929. The average Bonchev–Trinajstić information content (AvgIpc) is 3.01. The van der Waals surface area contributed by atoms with Gasteiger partial charge in [0, 0.05) is 35.0 Å². The van der Waals surface area contributed by atoms with Crippen LogP contribution in [0.1, 0.15) is 33.2 Å². The standard InChI is InChI=1S/C24H19F2N3O4S/c25-16-6-5-13-15(20(16)26)12-34-18-4-2-1-3-14(18)21(13)29-19-11-33-10-9-27(19)24(32)22-23(31)17(30)7-8-28(22)29/h1-8,19,21,31H,9-12H2. The second kappa shape index (κ2) is 7.85. The van der Waals surface area contributed by atoms with Gasteiger partial charge in [0.2, 0.25) is 5.43 Å². The molecule has 2 aromatic carbocycles. The van der Waals surface area contributed by atoms with Gasteiger partial charge in [0.25, 0.3) is 5.91 Å². The summed E-state index contributed by atoms with van der Waals surface area (Å²) < 4.78 is 36.5. The van der Waals surface area contributed by atoms with Crippen LogP contribution in [0.2, 0.25) is 0 Å². The Morgan fingerprint density at radius 3 is 2.74 bits per heavy atom. The van der Waals surface area contributed by atoms with Crippen LogP contribution in [-0.2, 0) is 10.5 Å². The number of benzene rings is 2. The molecule has 10 heteroatoms. The minimum absolute atomic E-state index is 0.163. The van der Waals surface area contributed by atoms with Crippen LogP contribution < -0.4 is 10.4 Å². The van der Waals surface area contributed by atoms with Gasteiger partial charge < -0.3 is 14.7 Å². The number of aromatic nitrogens is 1. The number of amides is 1. The molecular weight excluding hydrogens is 464 g/mol. The topological polar surface area (TPSA) is 75.0 Å². The predicted molar refractivity (Wildman–Crippen MR) is 120 cm³/mol. The summed E-state index contributed by atoms with van der Waals surface area (Å²) in [5, 5.41) is 12.4. The van der Waals surface area contributed by atoms with E-state index in [1.54, 1.807) is 11.0 Å².